The molecule has 5 heteroatoms. The number of rotatable bonds is 6. The Bertz CT molecular complexity index is 545. The van der Waals surface area contributed by atoms with Gasteiger partial charge in [-0.05, 0) is 12.0 Å². The van der Waals surface area contributed by atoms with Gasteiger partial charge >= 0.3 is 0 Å². The van der Waals surface area contributed by atoms with Crippen LogP contribution in [0.1, 0.15) is 35.1 Å². The lowest BCUT2D eigenvalue weighted by Crippen LogP contribution is -2.11. The van der Waals surface area contributed by atoms with Crippen molar-refractivity contribution in [3.8, 4) is 0 Å². The third kappa shape index (κ3) is 3.26. The summed E-state index contributed by atoms with van der Waals surface area (Å²) in [5.41, 5.74) is 7.24. The normalized spacial score (nSPS) is 10.6. The molecule has 1 aromatic heterocycles. The first-order chi connectivity index (χ1) is 9.24. The Kier molecular flexibility index (Phi) is 4.41. The van der Waals surface area contributed by atoms with E-state index in [1.165, 1.54) is 6.33 Å². The van der Waals surface area contributed by atoms with Gasteiger partial charge < -0.3 is 5.73 Å². The van der Waals surface area contributed by atoms with Crippen LogP contribution in [0.2, 0.25) is 0 Å². The van der Waals surface area contributed by atoms with E-state index < -0.39 is 0 Å². The molecule has 0 unspecified atom stereocenters. The molecule has 0 bridgehead atoms. The molecule has 0 spiro atoms. The Morgan fingerprint density at radius 1 is 1.32 bits per heavy atom. The van der Waals surface area contributed by atoms with Gasteiger partial charge in [-0.3, -0.25) is 4.79 Å². The minimum absolute atomic E-state index is 0.0499. The highest BCUT2D eigenvalue weighted by Gasteiger charge is 2.11. The summed E-state index contributed by atoms with van der Waals surface area (Å²) in [6.07, 6.45) is 2.74. The van der Waals surface area contributed by atoms with Crippen LogP contribution in [0, 0.1) is 0 Å². The number of benzene rings is 1. The molecule has 0 aliphatic carbocycles. The van der Waals surface area contributed by atoms with Gasteiger partial charge in [0.05, 0.1) is 6.42 Å². The number of hydrogen-bond acceptors (Lipinski definition) is 4. The first-order valence-corrected chi connectivity index (χ1v) is 6.43. The van der Waals surface area contributed by atoms with Gasteiger partial charge in [-0.1, -0.05) is 31.2 Å². The van der Waals surface area contributed by atoms with Crippen LogP contribution < -0.4 is 5.73 Å². The fraction of sp³-hybridized carbons (Fsp3) is 0.357. The maximum atomic E-state index is 12.2. The lowest BCUT2D eigenvalue weighted by molar-refractivity contribution is 0.0989. The average molecular weight is 258 g/mol. The van der Waals surface area contributed by atoms with Crippen LogP contribution >= 0.6 is 0 Å². The summed E-state index contributed by atoms with van der Waals surface area (Å²) in [6.45, 7) is 3.34. The lowest BCUT2D eigenvalue weighted by atomic mass is 10.1. The van der Waals surface area contributed by atoms with E-state index in [-0.39, 0.29) is 12.2 Å². The molecular formula is C14H18N4O. The van der Waals surface area contributed by atoms with Crippen LogP contribution in [0.25, 0.3) is 0 Å². The van der Waals surface area contributed by atoms with Crippen LogP contribution in [-0.4, -0.2) is 20.5 Å². The first-order valence-electron chi connectivity index (χ1n) is 6.43. The van der Waals surface area contributed by atoms with Gasteiger partial charge in [-0.2, -0.15) is 5.10 Å². The van der Waals surface area contributed by atoms with Crippen molar-refractivity contribution in [1.82, 2.24) is 14.8 Å². The molecule has 0 aliphatic heterocycles. The zero-order chi connectivity index (χ0) is 13.7. The van der Waals surface area contributed by atoms with E-state index in [1.807, 2.05) is 24.3 Å². The molecule has 1 heterocycles. The van der Waals surface area contributed by atoms with E-state index >= 15 is 0 Å². The molecule has 1 aromatic carbocycles. The highest BCUT2D eigenvalue weighted by atomic mass is 16.1. The molecule has 0 aliphatic rings. The van der Waals surface area contributed by atoms with Gasteiger partial charge in [0.2, 0.25) is 0 Å². The highest BCUT2D eigenvalue weighted by molar-refractivity contribution is 5.97. The molecule has 0 radical (unpaired) electrons. The van der Waals surface area contributed by atoms with Crippen molar-refractivity contribution in [2.24, 2.45) is 5.73 Å². The van der Waals surface area contributed by atoms with E-state index in [0.717, 1.165) is 24.4 Å². The van der Waals surface area contributed by atoms with Crippen molar-refractivity contribution >= 4 is 5.78 Å². The fourth-order valence-corrected chi connectivity index (χ4v) is 1.90. The quantitative estimate of drug-likeness (QED) is 0.798. The second-order valence-electron chi connectivity index (χ2n) is 4.40. The number of aromatic nitrogens is 3. The molecule has 2 rings (SSSR count). The Morgan fingerprint density at radius 3 is 2.68 bits per heavy atom. The van der Waals surface area contributed by atoms with Crippen LogP contribution in [0.15, 0.2) is 30.6 Å². The topological polar surface area (TPSA) is 73.8 Å². The third-order valence-electron chi connectivity index (χ3n) is 2.96. The van der Waals surface area contributed by atoms with Crippen molar-refractivity contribution in [3.05, 3.63) is 47.5 Å². The zero-order valence-electron chi connectivity index (χ0n) is 11.0. The Balaban J connectivity index is 2.09. The summed E-state index contributed by atoms with van der Waals surface area (Å²) < 4.78 is 1.78. The number of carbonyl (C=O) groups excluding carboxylic acids is 1. The van der Waals surface area contributed by atoms with Gasteiger partial charge in [-0.15, -0.1) is 0 Å². The monoisotopic (exact) mass is 258 g/mol. The average Bonchev–Trinajstić information content (AvgIpc) is 2.86. The van der Waals surface area contributed by atoms with Gasteiger partial charge in [-0.25, -0.2) is 9.67 Å². The summed E-state index contributed by atoms with van der Waals surface area (Å²) in [6, 6.07) is 7.38. The second kappa shape index (κ2) is 6.24. The van der Waals surface area contributed by atoms with Crippen LogP contribution in [0.4, 0.5) is 0 Å². The smallest absolute Gasteiger partial charge is 0.170 e. The molecule has 2 N–H and O–H groups in total. The van der Waals surface area contributed by atoms with E-state index in [0.29, 0.717) is 12.1 Å². The van der Waals surface area contributed by atoms with E-state index in [1.54, 1.807) is 4.68 Å². The molecule has 0 saturated carbocycles. The van der Waals surface area contributed by atoms with E-state index in [2.05, 4.69) is 17.0 Å². The standard InChI is InChI=1S/C14H18N4O/c1-2-7-18-14(16-10-17-18)8-13(19)12-5-3-11(9-15)4-6-12/h3-6,10H,2,7-9,15H2,1H3. The van der Waals surface area contributed by atoms with E-state index in [4.69, 9.17) is 5.73 Å². The Hall–Kier alpha value is -2.01. The number of ketones is 1. The molecule has 0 saturated heterocycles. The summed E-state index contributed by atoms with van der Waals surface area (Å²) in [7, 11) is 0. The van der Waals surface area contributed by atoms with Gasteiger partial charge in [0.15, 0.2) is 5.78 Å². The zero-order valence-corrected chi connectivity index (χ0v) is 11.0. The largest absolute Gasteiger partial charge is 0.326 e. The maximum Gasteiger partial charge on any atom is 0.170 e. The summed E-state index contributed by atoms with van der Waals surface area (Å²) >= 11 is 0. The number of nitrogens with zero attached hydrogens (tertiary/aromatic N) is 3. The molecule has 5 nitrogen and oxygen atoms in total. The number of aryl methyl sites for hydroxylation is 1. The van der Waals surface area contributed by atoms with Crippen LogP contribution in [-0.2, 0) is 19.5 Å². The number of hydrogen-bond donors (Lipinski definition) is 1. The predicted molar refractivity (Wildman–Crippen MR) is 72.7 cm³/mol. The van der Waals surface area contributed by atoms with Crippen molar-refractivity contribution in [1.29, 1.82) is 0 Å². The van der Waals surface area contributed by atoms with Gasteiger partial charge in [0, 0.05) is 18.7 Å². The molecule has 2 aromatic rings. The summed E-state index contributed by atoms with van der Waals surface area (Å²) in [5, 5.41) is 4.12. The first kappa shape index (κ1) is 13.4. The molecule has 0 amide bonds. The van der Waals surface area contributed by atoms with E-state index in [9.17, 15) is 4.79 Å². The van der Waals surface area contributed by atoms with Gasteiger partial charge in [0.25, 0.3) is 0 Å². The van der Waals surface area contributed by atoms with Crippen molar-refractivity contribution in [2.75, 3.05) is 0 Å². The Morgan fingerprint density at radius 2 is 2.05 bits per heavy atom. The van der Waals surface area contributed by atoms with Crippen LogP contribution in [0.5, 0.6) is 0 Å². The number of Topliss-reactive ketones (excluding diaryl/α,β-unsaturated/α-hetero) is 1. The fourth-order valence-electron chi connectivity index (χ4n) is 1.90. The summed E-state index contributed by atoms with van der Waals surface area (Å²) in [5.74, 6) is 0.767. The van der Waals surface area contributed by atoms with Crippen molar-refractivity contribution in [2.45, 2.75) is 32.9 Å². The highest BCUT2D eigenvalue weighted by Crippen LogP contribution is 2.08. The minimum atomic E-state index is 0.0499. The second-order valence-corrected chi connectivity index (χ2v) is 4.40. The Labute approximate surface area is 112 Å². The molecule has 19 heavy (non-hydrogen) atoms. The molecular weight excluding hydrogens is 240 g/mol. The number of nitrogens with two attached hydrogens (primary N) is 1. The SMILES string of the molecule is CCCn1ncnc1CC(=O)c1ccc(CN)cc1. The van der Waals surface area contributed by atoms with Gasteiger partial charge in [0.1, 0.15) is 12.2 Å². The number of carbonyl (C=O) groups is 1. The van der Waals surface area contributed by atoms with Crippen molar-refractivity contribution < 1.29 is 4.79 Å². The summed E-state index contributed by atoms with van der Waals surface area (Å²) in [4.78, 5) is 16.3. The lowest BCUT2D eigenvalue weighted by Gasteiger charge is -2.04. The third-order valence-corrected chi connectivity index (χ3v) is 2.96. The molecule has 0 fully saturated rings. The molecule has 100 valence electrons. The molecule has 0 atom stereocenters. The predicted octanol–water partition coefficient (Wildman–Crippen LogP) is 1.57. The van der Waals surface area contributed by atoms with Crippen LogP contribution in [0.3, 0.4) is 0 Å². The van der Waals surface area contributed by atoms with Crippen molar-refractivity contribution in [3.63, 3.8) is 0 Å². The maximum absolute atomic E-state index is 12.2. The minimum Gasteiger partial charge on any atom is -0.326 e.